The molecule has 0 aliphatic carbocycles. The maximum absolute atomic E-state index is 12.0. The van der Waals surface area contributed by atoms with E-state index in [0.717, 1.165) is 40.2 Å². The normalized spacial score (nSPS) is 13.2. The summed E-state index contributed by atoms with van der Waals surface area (Å²) in [6, 6.07) is 13.7. The van der Waals surface area contributed by atoms with Crippen molar-refractivity contribution >= 4 is 17.9 Å². The lowest BCUT2D eigenvalue weighted by atomic mass is 10.0. The fourth-order valence-electron chi connectivity index (χ4n) is 3.41. The summed E-state index contributed by atoms with van der Waals surface area (Å²) in [5, 5.41) is 5.61. The Morgan fingerprint density at radius 2 is 2.10 bits per heavy atom. The quantitative estimate of drug-likeness (QED) is 0.589. The van der Waals surface area contributed by atoms with E-state index in [4.69, 9.17) is 0 Å². The second kappa shape index (κ2) is 8.14. The first-order valence-corrected chi connectivity index (χ1v) is 9.67. The molecule has 1 aromatic carbocycles. The first-order valence-electron chi connectivity index (χ1n) is 9.67. The molecule has 0 bridgehead atoms. The van der Waals surface area contributed by atoms with E-state index in [0.29, 0.717) is 18.7 Å². The Morgan fingerprint density at radius 3 is 2.93 bits per heavy atom. The highest BCUT2D eigenvalue weighted by molar-refractivity contribution is 5.97. The second-order valence-corrected chi connectivity index (χ2v) is 6.86. The van der Waals surface area contributed by atoms with Crippen molar-refractivity contribution in [2.75, 3.05) is 13.1 Å². The maximum atomic E-state index is 12.0. The van der Waals surface area contributed by atoms with E-state index in [1.807, 2.05) is 49.4 Å². The third-order valence-electron chi connectivity index (χ3n) is 4.84. The molecule has 0 spiro atoms. The van der Waals surface area contributed by atoms with Gasteiger partial charge >= 0.3 is 0 Å². The third kappa shape index (κ3) is 4.11. The highest BCUT2D eigenvalue weighted by atomic mass is 16.2. The minimum absolute atomic E-state index is 0.0328. The van der Waals surface area contributed by atoms with Crippen molar-refractivity contribution in [2.45, 2.75) is 13.3 Å². The number of carbonyl (C=O) groups excluding carboxylic acids is 2. The van der Waals surface area contributed by atoms with Crippen LogP contribution in [0, 0.1) is 0 Å². The number of hydrogen-bond acceptors (Lipinski definition) is 3. The number of hydrogen-bond donors (Lipinski definition) is 3. The molecule has 29 heavy (non-hydrogen) atoms. The average Bonchev–Trinajstić information content (AvgIpc) is 3.19. The average molecular weight is 386 g/mol. The number of rotatable bonds is 5. The van der Waals surface area contributed by atoms with Crippen LogP contribution in [0.2, 0.25) is 0 Å². The highest BCUT2D eigenvalue weighted by Gasteiger charge is 2.20. The Bertz CT molecular complexity index is 1100. The van der Waals surface area contributed by atoms with Crippen LogP contribution in [-0.2, 0) is 11.2 Å². The molecule has 1 aliphatic rings. The van der Waals surface area contributed by atoms with Gasteiger partial charge in [0.25, 0.3) is 5.91 Å². The Morgan fingerprint density at radius 1 is 1.21 bits per heavy atom. The zero-order chi connectivity index (χ0) is 20.2. The van der Waals surface area contributed by atoms with Crippen LogP contribution in [0.1, 0.15) is 28.5 Å². The monoisotopic (exact) mass is 386 g/mol. The molecule has 6 heteroatoms. The third-order valence-corrected chi connectivity index (χ3v) is 4.84. The van der Waals surface area contributed by atoms with Gasteiger partial charge in [-0.25, -0.2) is 0 Å². The first kappa shape index (κ1) is 18.7. The van der Waals surface area contributed by atoms with E-state index in [9.17, 15) is 9.59 Å². The number of benzene rings is 1. The number of H-pyrrole nitrogens is 1. The molecule has 0 radical (unpaired) electrons. The molecule has 0 saturated carbocycles. The fraction of sp³-hybridized carbons (Fsp3) is 0.174. The summed E-state index contributed by atoms with van der Waals surface area (Å²) >= 11 is 0. The van der Waals surface area contributed by atoms with E-state index >= 15 is 0 Å². The summed E-state index contributed by atoms with van der Waals surface area (Å²) in [6.07, 6.45) is 5.89. The predicted molar refractivity (Wildman–Crippen MR) is 113 cm³/mol. The van der Waals surface area contributed by atoms with Gasteiger partial charge in [0.15, 0.2) is 0 Å². The zero-order valence-corrected chi connectivity index (χ0v) is 16.2. The minimum Gasteiger partial charge on any atom is -0.358 e. The number of nitrogens with zero attached hydrogens (tertiary/aromatic N) is 1. The number of nitrogens with one attached hydrogen (secondary N) is 3. The standard InChI is InChI=1S/C23H22N4O2/c1-2-24-22(28)7-6-15-4-3-5-16(12-15)20-13-17(8-10-25-20)21-14-18-19(27-21)9-11-26-23(18)29/h3-8,10,12-14,27H,2,9,11H2,1H3,(H,24,28)(H,26,29)/b7-6+. The molecule has 4 rings (SSSR count). The molecule has 3 aromatic rings. The van der Waals surface area contributed by atoms with Crippen LogP contribution < -0.4 is 10.6 Å². The Balaban J connectivity index is 1.62. The van der Waals surface area contributed by atoms with Gasteiger partial charge in [-0.05, 0) is 42.8 Å². The summed E-state index contributed by atoms with van der Waals surface area (Å²) in [4.78, 5) is 31.5. The fourth-order valence-corrected chi connectivity index (χ4v) is 3.41. The number of amides is 2. The molecule has 2 aromatic heterocycles. The number of aromatic nitrogens is 2. The van der Waals surface area contributed by atoms with Crippen LogP contribution in [-0.4, -0.2) is 34.9 Å². The zero-order valence-electron chi connectivity index (χ0n) is 16.2. The van der Waals surface area contributed by atoms with Crippen molar-refractivity contribution in [2.24, 2.45) is 0 Å². The molecule has 0 saturated heterocycles. The molecule has 3 heterocycles. The molecule has 2 amide bonds. The maximum Gasteiger partial charge on any atom is 0.253 e. The molecular formula is C23H22N4O2. The Kier molecular flexibility index (Phi) is 5.24. The summed E-state index contributed by atoms with van der Waals surface area (Å²) in [7, 11) is 0. The van der Waals surface area contributed by atoms with Gasteiger partial charge in [-0.1, -0.05) is 18.2 Å². The van der Waals surface area contributed by atoms with Crippen LogP contribution in [0.5, 0.6) is 0 Å². The van der Waals surface area contributed by atoms with Gasteiger partial charge < -0.3 is 15.6 Å². The van der Waals surface area contributed by atoms with Crippen molar-refractivity contribution in [3.05, 3.63) is 71.6 Å². The van der Waals surface area contributed by atoms with Gasteiger partial charge in [-0.2, -0.15) is 0 Å². The molecule has 3 N–H and O–H groups in total. The van der Waals surface area contributed by atoms with Crippen LogP contribution in [0.25, 0.3) is 28.6 Å². The van der Waals surface area contributed by atoms with Crippen LogP contribution >= 0.6 is 0 Å². The lowest BCUT2D eigenvalue weighted by Gasteiger charge is -2.11. The van der Waals surface area contributed by atoms with Crippen molar-refractivity contribution in [3.8, 4) is 22.5 Å². The molecule has 0 unspecified atom stereocenters. The van der Waals surface area contributed by atoms with Gasteiger partial charge in [0.2, 0.25) is 5.91 Å². The van der Waals surface area contributed by atoms with E-state index in [-0.39, 0.29) is 11.8 Å². The smallest absolute Gasteiger partial charge is 0.253 e. The summed E-state index contributed by atoms with van der Waals surface area (Å²) < 4.78 is 0. The van der Waals surface area contributed by atoms with Gasteiger partial charge in [0, 0.05) is 54.3 Å². The number of fused-ring (bicyclic) bond motifs is 1. The first-order chi connectivity index (χ1) is 14.1. The highest BCUT2D eigenvalue weighted by Crippen LogP contribution is 2.27. The van der Waals surface area contributed by atoms with E-state index in [1.165, 1.54) is 6.08 Å². The van der Waals surface area contributed by atoms with Crippen molar-refractivity contribution in [1.29, 1.82) is 0 Å². The number of carbonyl (C=O) groups is 2. The second-order valence-electron chi connectivity index (χ2n) is 6.86. The van der Waals surface area contributed by atoms with Crippen LogP contribution in [0.15, 0.2) is 54.7 Å². The van der Waals surface area contributed by atoms with Crippen LogP contribution in [0.4, 0.5) is 0 Å². The lowest BCUT2D eigenvalue weighted by Crippen LogP contribution is -2.31. The van der Waals surface area contributed by atoms with Crippen molar-refractivity contribution < 1.29 is 9.59 Å². The minimum atomic E-state index is -0.113. The Labute approximate surface area is 169 Å². The molecule has 0 fully saturated rings. The number of pyridine rings is 1. The molecular weight excluding hydrogens is 364 g/mol. The summed E-state index contributed by atoms with van der Waals surface area (Å²) in [6.45, 7) is 3.14. The topological polar surface area (TPSA) is 86.9 Å². The summed E-state index contributed by atoms with van der Waals surface area (Å²) in [5.41, 5.74) is 6.27. The lowest BCUT2D eigenvalue weighted by molar-refractivity contribution is -0.116. The van der Waals surface area contributed by atoms with Gasteiger partial charge in [-0.15, -0.1) is 0 Å². The molecule has 0 atom stereocenters. The van der Waals surface area contributed by atoms with Crippen LogP contribution in [0.3, 0.4) is 0 Å². The van der Waals surface area contributed by atoms with Gasteiger partial charge in [0.1, 0.15) is 0 Å². The van der Waals surface area contributed by atoms with Gasteiger partial charge in [0.05, 0.1) is 11.3 Å². The SMILES string of the molecule is CCNC(=O)/C=C/c1cccc(-c2cc(-c3cc4c([nH]3)CCNC4=O)ccn2)c1. The molecule has 6 nitrogen and oxygen atoms in total. The number of likely N-dealkylation sites (N-methyl/N-ethyl adjacent to an activating group) is 1. The Hall–Kier alpha value is -3.67. The molecule has 1 aliphatic heterocycles. The number of aromatic amines is 1. The summed E-state index contributed by atoms with van der Waals surface area (Å²) in [5.74, 6) is -0.146. The van der Waals surface area contributed by atoms with Crippen molar-refractivity contribution in [1.82, 2.24) is 20.6 Å². The largest absolute Gasteiger partial charge is 0.358 e. The van der Waals surface area contributed by atoms with E-state index in [2.05, 4.69) is 20.6 Å². The molecule has 146 valence electrons. The van der Waals surface area contributed by atoms with Crippen molar-refractivity contribution in [3.63, 3.8) is 0 Å². The van der Waals surface area contributed by atoms with Gasteiger partial charge in [-0.3, -0.25) is 14.6 Å². The predicted octanol–water partition coefficient (Wildman–Crippen LogP) is 3.18. The van der Waals surface area contributed by atoms with E-state index < -0.39 is 0 Å². The van der Waals surface area contributed by atoms with E-state index in [1.54, 1.807) is 12.3 Å².